The van der Waals surface area contributed by atoms with E-state index in [2.05, 4.69) is 15.9 Å². The molecule has 0 spiro atoms. The smallest absolute Gasteiger partial charge is 0.179 e. The van der Waals surface area contributed by atoms with Crippen molar-refractivity contribution < 1.29 is 8.42 Å². The third-order valence-corrected chi connectivity index (χ3v) is 6.06. The van der Waals surface area contributed by atoms with Gasteiger partial charge in [-0.3, -0.25) is 0 Å². The number of aryl methyl sites for hydroxylation is 1. The van der Waals surface area contributed by atoms with Gasteiger partial charge in [0, 0.05) is 11.2 Å². The summed E-state index contributed by atoms with van der Waals surface area (Å²) in [7, 11) is -3.28. The molecule has 2 aromatic rings. The zero-order valence-electron chi connectivity index (χ0n) is 11.3. The van der Waals surface area contributed by atoms with Crippen LogP contribution in [0.25, 0.3) is 0 Å². The molecule has 0 N–H and O–H groups in total. The molecule has 4 heteroatoms. The highest BCUT2D eigenvalue weighted by Gasteiger charge is 2.23. The van der Waals surface area contributed by atoms with E-state index in [4.69, 9.17) is 0 Å². The van der Waals surface area contributed by atoms with Gasteiger partial charge in [-0.1, -0.05) is 64.5 Å². The van der Waals surface area contributed by atoms with Crippen molar-refractivity contribution in [2.24, 2.45) is 0 Å². The van der Waals surface area contributed by atoms with Gasteiger partial charge in [-0.05, 0) is 24.1 Å². The summed E-state index contributed by atoms with van der Waals surface area (Å²) >= 11 is 3.43. The van der Waals surface area contributed by atoms with Gasteiger partial charge >= 0.3 is 0 Å². The fraction of sp³-hybridized carbons (Fsp3) is 0.250. The summed E-state index contributed by atoms with van der Waals surface area (Å²) in [5, 5.41) is 0.627. The number of rotatable bonds is 5. The van der Waals surface area contributed by atoms with Gasteiger partial charge in [0.05, 0.1) is 10.6 Å². The lowest BCUT2D eigenvalue weighted by Crippen LogP contribution is -2.17. The molecule has 0 aliphatic carbocycles. The van der Waals surface area contributed by atoms with Crippen LogP contribution in [0.2, 0.25) is 0 Å². The molecule has 0 bridgehead atoms. The van der Waals surface area contributed by atoms with Gasteiger partial charge in [0.1, 0.15) is 0 Å². The van der Waals surface area contributed by atoms with Crippen LogP contribution in [0.5, 0.6) is 0 Å². The maximum Gasteiger partial charge on any atom is 0.179 e. The molecule has 1 unspecified atom stereocenters. The molecule has 2 nitrogen and oxygen atoms in total. The molecular formula is C16H17BrO2S. The molecule has 0 heterocycles. The van der Waals surface area contributed by atoms with Crippen LogP contribution in [0.15, 0.2) is 59.5 Å². The summed E-state index contributed by atoms with van der Waals surface area (Å²) < 4.78 is 25.1. The lowest BCUT2D eigenvalue weighted by Gasteiger charge is -2.16. The van der Waals surface area contributed by atoms with E-state index in [1.807, 2.05) is 49.4 Å². The van der Waals surface area contributed by atoms with Gasteiger partial charge in [0.2, 0.25) is 0 Å². The minimum atomic E-state index is -3.28. The average Bonchev–Trinajstić information content (AvgIpc) is 2.46. The van der Waals surface area contributed by atoms with Gasteiger partial charge < -0.3 is 0 Å². The Morgan fingerprint density at radius 1 is 1.00 bits per heavy atom. The number of benzene rings is 2. The normalized spacial score (nSPS) is 13.1. The van der Waals surface area contributed by atoms with Crippen LogP contribution in [-0.2, 0) is 9.84 Å². The Bertz CT molecular complexity index is 666. The summed E-state index contributed by atoms with van der Waals surface area (Å²) in [5.41, 5.74) is 1.84. The van der Waals surface area contributed by atoms with Crippen LogP contribution in [-0.4, -0.2) is 19.5 Å². The molecule has 0 fully saturated rings. The highest BCUT2D eigenvalue weighted by atomic mass is 79.9. The van der Waals surface area contributed by atoms with Crippen LogP contribution < -0.4 is 0 Å². The Kier molecular flexibility index (Phi) is 5.00. The second-order valence-electron chi connectivity index (χ2n) is 4.81. The minimum Gasteiger partial charge on any atom is -0.224 e. The Morgan fingerprint density at radius 3 is 2.20 bits per heavy atom. The van der Waals surface area contributed by atoms with E-state index < -0.39 is 9.84 Å². The summed E-state index contributed by atoms with van der Waals surface area (Å²) in [4.78, 5) is 0.432. The lowest BCUT2D eigenvalue weighted by atomic mass is 10.0. The van der Waals surface area contributed by atoms with Crippen molar-refractivity contribution in [1.29, 1.82) is 0 Å². The molecule has 0 aliphatic rings. The molecule has 106 valence electrons. The van der Waals surface area contributed by atoms with Gasteiger partial charge in [0.25, 0.3) is 0 Å². The first kappa shape index (κ1) is 15.3. The quantitative estimate of drug-likeness (QED) is 0.763. The van der Waals surface area contributed by atoms with Gasteiger partial charge in [-0.25, -0.2) is 8.42 Å². The summed E-state index contributed by atoms with van der Waals surface area (Å²) in [6.45, 7) is 1.83. The van der Waals surface area contributed by atoms with Crippen LogP contribution >= 0.6 is 15.9 Å². The predicted molar refractivity (Wildman–Crippen MR) is 86.2 cm³/mol. The minimum absolute atomic E-state index is 0.0409. The molecule has 0 saturated carbocycles. The van der Waals surface area contributed by atoms with Crippen molar-refractivity contribution in [3.63, 3.8) is 0 Å². The first-order valence-corrected chi connectivity index (χ1v) is 9.21. The molecule has 0 aliphatic heterocycles. The number of alkyl halides is 1. The summed E-state index contributed by atoms with van der Waals surface area (Å²) in [6.07, 6.45) is 0. The van der Waals surface area contributed by atoms with Crippen LogP contribution in [0, 0.1) is 6.92 Å². The first-order valence-electron chi connectivity index (χ1n) is 6.44. The van der Waals surface area contributed by atoms with E-state index >= 15 is 0 Å². The van der Waals surface area contributed by atoms with Crippen molar-refractivity contribution in [2.75, 3.05) is 11.1 Å². The molecule has 0 saturated heterocycles. The third kappa shape index (κ3) is 3.49. The number of hydrogen-bond donors (Lipinski definition) is 0. The van der Waals surface area contributed by atoms with Gasteiger partial charge in [-0.2, -0.15) is 0 Å². The highest BCUT2D eigenvalue weighted by molar-refractivity contribution is 9.09. The SMILES string of the molecule is Cc1ccccc1S(=O)(=O)CC(CBr)c1ccccc1. The fourth-order valence-electron chi connectivity index (χ4n) is 2.22. The Labute approximate surface area is 128 Å². The first-order chi connectivity index (χ1) is 9.54. The van der Waals surface area contributed by atoms with E-state index in [-0.39, 0.29) is 11.7 Å². The van der Waals surface area contributed by atoms with E-state index in [1.165, 1.54) is 0 Å². The molecular weight excluding hydrogens is 336 g/mol. The maximum atomic E-state index is 12.6. The number of sulfone groups is 1. The molecule has 0 aromatic heterocycles. The molecule has 1 atom stereocenters. The second-order valence-corrected chi connectivity index (χ2v) is 7.46. The van der Waals surface area contributed by atoms with Crippen molar-refractivity contribution in [2.45, 2.75) is 17.7 Å². The zero-order valence-corrected chi connectivity index (χ0v) is 13.7. The largest absolute Gasteiger partial charge is 0.224 e. The standard InChI is InChI=1S/C16H17BrO2S/c1-13-7-5-6-10-16(13)20(18,19)12-15(11-17)14-8-3-2-4-9-14/h2-10,15H,11-12H2,1H3. The molecule has 2 rings (SSSR count). The molecule has 20 heavy (non-hydrogen) atoms. The maximum absolute atomic E-state index is 12.6. The van der Waals surface area contributed by atoms with E-state index in [9.17, 15) is 8.42 Å². The molecule has 0 radical (unpaired) electrons. The van der Waals surface area contributed by atoms with Crippen molar-refractivity contribution >= 4 is 25.8 Å². The zero-order chi connectivity index (χ0) is 14.6. The number of hydrogen-bond acceptors (Lipinski definition) is 2. The highest BCUT2D eigenvalue weighted by Crippen LogP contribution is 2.25. The monoisotopic (exact) mass is 352 g/mol. The van der Waals surface area contributed by atoms with Gasteiger partial charge in [0.15, 0.2) is 9.84 Å². The third-order valence-electron chi connectivity index (χ3n) is 3.31. The molecule has 0 amide bonds. The van der Waals surface area contributed by atoms with Crippen molar-refractivity contribution in [3.8, 4) is 0 Å². The lowest BCUT2D eigenvalue weighted by molar-refractivity contribution is 0.590. The Hall–Kier alpha value is -1.13. The fourth-order valence-corrected chi connectivity index (χ4v) is 4.98. The van der Waals surface area contributed by atoms with E-state index in [0.717, 1.165) is 11.1 Å². The van der Waals surface area contributed by atoms with E-state index in [0.29, 0.717) is 10.2 Å². The predicted octanol–water partition coefficient (Wildman–Crippen LogP) is 3.95. The second kappa shape index (κ2) is 6.55. The van der Waals surface area contributed by atoms with Crippen LogP contribution in [0.1, 0.15) is 17.0 Å². The summed E-state index contributed by atoms with van der Waals surface area (Å²) in [5.74, 6) is 0.0773. The van der Waals surface area contributed by atoms with Crippen molar-refractivity contribution in [3.05, 3.63) is 65.7 Å². The Morgan fingerprint density at radius 2 is 1.60 bits per heavy atom. The van der Waals surface area contributed by atoms with Crippen molar-refractivity contribution in [1.82, 2.24) is 0 Å². The van der Waals surface area contributed by atoms with Crippen LogP contribution in [0.4, 0.5) is 0 Å². The average molecular weight is 353 g/mol. The van der Waals surface area contributed by atoms with E-state index in [1.54, 1.807) is 12.1 Å². The topological polar surface area (TPSA) is 34.1 Å². The van der Waals surface area contributed by atoms with Gasteiger partial charge in [-0.15, -0.1) is 0 Å². The Balaban J connectivity index is 2.30. The number of halogens is 1. The van der Waals surface area contributed by atoms with Crippen LogP contribution in [0.3, 0.4) is 0 Å². The molecule has 2 aromatic carbocycles. The summed E-state index contributed by atoms with van der Waals surface area (Å²) in [6, 6.07) is 16.9.